The van der Waals surface area contributed by atoms with Gasteiger partial charge in [-0.25, -0.2) is 4.98 Å². The van der Waals surface area contributed by atoms with Gasteiger partial charge in [-0.2, -0.15) is 0 Å². The van der Waals surface area contributed by atoms with Crippen molar-refractivity contribution in [3.8, 4) is 11.6 Å². The average molecular weight is 465 g/mol. The number of nitrogens with one attached hydrogen (secondary N) is 2. The van der Waals surface area contributed by atoms with E-state index in [4.69, 9.17) is 9.72 Å². The fourth-order valence-corrected chi connectivity index (χ4v) is 5.06. The number of likely N-dealkylation sites (tertiary alicyclic amines) is 1. The molecule has 1 aliphatic carbocycles. The predicted octanol–water partition coefficient (Wildman–Crippen LogP) is 4.21. The van der Waals surface area contributed by atoms with Gasteiger partial charge in [-0.1, -0.05) is 43.5 Å². The molecule has 0 spiro atoms. The molecule has 0 radical (unpaired) electrons. The Kier molecular flexibility index (Phi) is 8.16. The molecule has 1 saturated heterocycles. The highest BCUT2D eigenvalue weighted by molar-refractivity contribution is 5.90. The first-order valence-electron chi connectivity index (χ1n) is 12.5. The monoisotopic (exact) mass is 464 g/mol. The Morgan fingerprint density at radius 3 is 2.50 bits per heavy atom. The van der Waals surface area contributed by atoms with Gasteiger partial charge in [0.2, 0.25) is 17.7 Å². The van der Waals surface area contributed by atoms with Crippen LogP contribution in [0.3, 0.4) is 0 Å². The van der Waals surface area contributed by atoms with E-state index in [1.807, 2.05) is 60.4 Å². The summed E-state index contributed by atoms with van der Waals surface area (Å²) >= 11 is 0. The van der Waals surface area contributed by atoms with Gasteiger partial charge < -0.3 is 20.3 Å². The van der Waals surface area contributed by atoms with E-state index in [9.17, 15) is 9.59 Å². The summed E-state index contributed by atoms with van der Waals surface area (Å²) in [6.07, 6.45) is 7.13. The lowest BCUT2D eigenvalue weighted by atomic mass is 9.83. The Hall–Kier alpha value is -2.93. The Morgan fingerprint density at radius 2 is 1.76 bits per heavy atom. The number of rotatable bonds is 8. The second-order valence-corrected chi connectivity index (χ2v) is 9.40. The highest BCUT2D eigenvalue weighted by Crippen LogP contribution is 2.35. The molecule has 2 fully saturated rings. The lowest BCUT2D eigenvalue weighted by Crippen LogP contribution is -2.55. The fraction of sp³-hybridized carbons (Fsp3) is 0.519. The van der Waals surface area contributed by atoms with Gasteiger partial charge in [-0.15, -0.1) is 0 Å². The molecule has 2 aliphatic rings. The molecule has 1 aromatic carbocycles. The topological polar surface area (TPSA) is 83.6 Å². The van der Waals surface area contributed by atoms with Crippen LogP contribution in [-0.2, 0) is 9.59 Å². The van der Waals surface area contributed by atoms with Gasteiger partial charge in [-0.05, 0) is 63.8 Å². The van der Waals surface area contributed by atoms with Crippen molar-refractivity contribution < 1.29 is 14.3 Å². The molecule has 7 heteroatoms. The highest BCUT2D eigenvalue weighted by atomic mass is 16.5. The number of benzene rings is 1. The van der Waals surface area contributed by atoms with Gasteiger partial charge in [0.25, 0.3) is 0 Å². The van der Waals surface area contributed by atoms with Crippen molar-refractivity contribution in [1.82, 2.24) is 20.5 Å². The number of carbonyl (C=O) groups excluding carboxylic acids is 2. The van der Waals surface area contributed by atoms with E-state index in [0.29, 0.717) is 12.4 Å². The van der Waals surface area contributed by atoms with Crippen LogP contribution in [-0.4, -0.2) is 47.4 Å². The number of hydrogen-bond donors (Lipinski definition) is 2. The summed E-state index contributed by atoms with van der Waals surface area (Å²) in [7, 11) is 1.76. The number of para-hydroxylation sites is 1. The molecule has 7 nitrogen and oxygen atoms in total. The van der Waals surface area contributed by atoms with Crippen LogP contribution >= 0.6 is 0 Å². The highest BCUT2D eigenvalue weighted by Gasteiger charge is 2.39. The number of ether oxygens (including phenoxy) is 1. The van der Waals surface area contributed by atoms with Crippen molar-refractivity contribution in [2.45, 2.75) is 70.0 Å². The van der Waals surface area contributed by atoms with Crippen molar-refractivity contribution in [3.05, 3.63) is 54.2 Å². The number of amides is 2. The third kappa shape index (κ3) is 5.76. The molecule has 2 heterocycles. The van der Waals surface area contributed by atoms with Crippen LogP contribution < -0.4 is 15.4 Å². The average Bonchev–Trinajstić information content (AvgIpc) is 3.38. The first-order chi connectivity index (χ1) is 16.6. The van der Waals surface area contributed by atoms with E-state index >= 15 is 0 Å². The van der Waals surface area contributed by atoms with Gasteiger partial charge >= 0.3 is 0 Å². The van der Waals surface area contributed by atoms with Crippen LogP contribution in [0.15, 0.2) is 48.5 Å². The maximum absolute atomic E-state index is 13.9. The van der Waals surface area contributed by atoms with Gasteiger partial charge in [0.15, 0.2) is 0 Å². The predicted molar refractivity (Wildman–Crippen MR) is 131 cm³/mol. The molecule has 1 unspecified atom stereocenters. The molecule has 2 aromatic rings. The van der Waals surface area contributed by atoms with Gasteiger partial charge in [0.05, 0.1) is 17.8 Å². The molecule has 1 saturated carbocycles. The maximum Gasteiger partial charge on any atom is 0.246 e. The Balaban J connectivity index is 1.53. The number of pyridine rings is 1. The standard InChI is InChI=1S/C27H36N4O3/c1-19(28-2)26(32)30-25(20-11-5-3-6-12-20)27(33)31-18-10-16-23(31)22-15-9-17-24(29-22)34-21-13-7-4-8-14-21/h4,7-9,13-15,17,19-20,23,25,28H,3,5-6,10-12,16,18H2,1-2H3,(H,30,32)/t19?,23-,25-/m0/s1. The molecule has 1 aromatic heterocycles. The van der Waals surface area contributed by atoms with E-state index in [-0.39, 0.29) is 29.8 Å². The van der Waals surface area contributed by atoms with Crippen LogP contribution in [0.1, 0.15) is 63.6 Å². The Labute approximate surface area is 202 Å². The summed E-state index contributed by atoms with van der Waals surface area (Å²) in [5, 5.41) is 6.07. The molecule has 4 rings (SSSR count). The third-order valence-corrected chi connectivity index (χ3v) is 7.10. The molecule has 182 valence electrons. The smallest absolute Gasteiger partial charge is 0.246 e. The number of hydrogen-bond acceptors (Lipinski definition) is 5. The molecule has 2 N–H and O–H groups in total. The van der Waals surface area contributed by atoms with E-state index in [1.165, 1.54) is 6.42 Å². The molecular weight excluding hydrogens is 428 g/mol. The van der Waals surface area contributed by atoms with Crippen LogP contribution in [0.4, 0.5) is 0 Å². The van der Waals surface area contributed by atoms with Crippen LogP contribution in [0, 0.1) is 5.92 Å². The Bertz CT molecular complexity index is 961. The van der Waals surface area contributed by atoms with Crippen molar-refractivity contribution in [2.24, 2.45) is 5.92 Å². The second-order valence-electron chi connectivity index (χ2n) is 9.40. The van der Waals surface area contributed by atoms with Gasteiger partial charge in [0, 0.05) is 12.6 Å². The van der Waals surface area contributed by atoms with Crippen molar-refractivity contribution >= 4 is 11.8 Å². The summed E-state index contributed by atoms with van der Waals surface area (Å²) in [6.45, 7) is 2.49. The SMILES string of the molecule is CNC(C)C(=O)N[C@H](C(=O)N1CCC[C@H]1c1cccc(Oc2ccccc2)n1)C1CCCCC1. The summed E-state index contributed by atoms with van der Waals surface area (Å²) in [6, 6.07) is 14.3. The molecule has 1 aliphatic heterocycles. The van der Waals surface area contributed by atoms with E-state index < -0.39 is 6.04 Å². The number of aromatic nitrogens is 1. The van der Waals surface area contributed by atoms with Crippen LogP contribution in [0.2, 0.25) is 0 Å². The lowest BCUT2D eigenvalue weighted by molar-refractivity contribution is -0.139. The van der Waals surface area contributed by atoms with E-state index in [0.717, 1.165) is 50.0 Å². The molecule has 2 amide bonds. The first-order valence-corrected chi connectivity index (χ1v) is 12.5. The molecule has 3 atom stereocenters. The summed E-state index contributed by atoms with van der Waals surface area (Å²) in [4.78, 5) is 33.3. The second kappa shape index (κ2) is 11.5. The Morgan fingerprint density at radius 1 is 1.00 bits per heavy atom. The maximum atomic E-state index is 13.9. The zero-order chi connectivity index (χ0) is 23.9. The first kappa shape index (κ1) is 24.2. The minimum absolute atomic E-state index is 0.0160. The van der Waals surface area contributed by atoms with E-state index in [2.05, 4.69) is 10.6 Å². The van der Waals surface area contributed by atoms with Crippen molar-refractivity contribution in [1.29, 1.82) is 0 Å². The van der Waals surface area contributed by atoms with E-state index in [1.54, 1.807) is 7.05 Å². The van der Waals surface area contributed by atoms with Crippen LogP contribution in [0.5, 0.6) is 11.6 Å². The zero-order valence-corrected chi connectivity index (χ0v) is 20.2. The number of nitrogens with zero attached hydrogens (tertiary/aromatic N) is 2. The number of carbonyl (C=O) groups is 2. The number of likely N-dealkylation sites (N-methyl/N-ethyl adjacent to an activating group) is 1. The summed E-state index contributed by atoms with van der Waals surface area (Å²) in [5.41, 5.74) is 0.830. The third-order valence-electron chi connectivity index (χ3n) is 7.10. The molecule has 0 bridgehead atoms. The lowest BCUT2D eigenvalue weighted by Gasteiger charge is -2.35. The van der Waals surface area contributed by atoms with Crippen molar-refractivity contribution in [3.63, 3.8) is 0 Å². The minimum atomic E-state index is -0.493. The van der Waals surface area contributed by atoms with Crippen LogP contribution in [0.25, 0.3) is 0 Å². The van der Waals surface area contributed by atoms with Gasteiger partial charge in [-0.3, -0.25) is 9.59 Å². The largest absolute Gasteiger partial charge is 0.439 e. The molecule has 34 heavy (non-hydrogen) atoms. The molecular formula is C27H36N4O3. The van der Waals surface area contributed by atoms with Crippen molar-refractivity contribution in [2.75, 3.05) is 13.6 Å². The minimum Gasteiger partial charge on any atom is -0.439 e. The fourth-order valence-electron chi connectivity index (χ4n) is 5.06. The van der Waals surface area contributed by atoms with Gasteiger partial charge in [0.1, 0.15) is 11.8 Å². The normalized spacial score (nSPS) is 20.5. The zero-order valence-electron chi connectivity index (χ0n) is 20.2. The summed E-state index contributed by atoms with van der Waals surface area (Å²) < 4.78 is 5.93. The quantitative estimate of drug-likeness (QED) is 0.611. The summed E-state index contributed by atoms with van der Waals surface area (Å²) in [5.74, 6) is 1.31.